The van der Waals surface area contributed by atoms with Crippen LogP contribution in [0, 0.1) is 41.5 Å². The number of hydrogen-bond acceptors (Lipinski definition) is 4. The van der Waals surface area contributed by atoms with Crippen LogP contribution < -0.4 is 35.2 Å². The van der Waals surface area contributed by atoms with Crippen molar-refractivity contribution in [3.05, 3.63) is 320 Å². The molecule has 9 heteroatoms. The fraction of sp³-hybridized carbons (Fsp3) is 0.163. The van der Waals surface area contributed by atoms with E-state index in [2.05, 4.69) is 286 Å². The van der Waals surface area contributed by atoms with E-state index < -0.39 is 40.8 Å². The molecule has 4 atom stereocenters. The Kier molecular flexibility index (Phi) is 17.3. The van der Waals surface area contributed by atoms with E-state index in [1.807, 2.05) is 12.5 Å². The molecule has 12 aromatic rings. The second-order valence-corrected chi connectivity index (χ2v) is 36.2. The molecule has 4 unspecified atom stereocenters. The summed E-state index contributed by atoms with van der Waals surface area (Å²) in [4.78, 5) is 0. The van der Waals surface area contributed by atoms with Crippen LogP contribution in [0.2, 0.25) is 26.2 Å². The number of benzene rings is 8. The zero-order valence-corrected chi connectivity index (χ0v) is 61.6. The SMILES string of the molecule is Cc1ccc(C2=Cc3c(ccc(C)c3-c3ccccc3)C2C2=C(c3ccco3)[CH]([Zr+2][CH]3C(c4ccco4)=C(C4C(c5ccc(C)o5)=Cc5c4ccc(C)c5-c4ccccc4)c4c3cc([SiH](C)C)c(C)c4-c3ccccc3)c3cc([SiH](C)C)c(C)c(-c4ccccc4)c32)o1.[Cl-].[Cl-]. The maximum atomic E-state index is 7.10. The van der Waals surface area contributed by atoms with Crippen molar-refractivity contribution in [2.45, 2.75) is 86.8 Å². The van der Waals surface area contributed by atoms with Crippen LogP contribution in [0.4, 0.5) is 0 Å². The van der Waals surface area contributed by atoms with Gasteiger partial charge in [0.25, 0.3) is 0 Å². The van der Waals surface area contributed by atoms with Crippen molar-refractivity contribution in [1.29, 1.82) is 0 Å². The van der Waals surface area contributed by atoms with Crippen LogP contribution in [0.15, 0.2) is 236 Å². The summed E-state index contributed by atoms with van der Waals surface area (Å²) in [6.45, 7) is 23.6. The van der Waals surface area contributed by atoms with E-state index in [0.29, 0.717) is 0 Å². The van der Waals surface area contributed by atoms with Gasteiger partial charge < -0.3 is 24.8 Å². The molecule has 4 aliphatic carbocycles. The van der Waals surface area contributed by atoms with Gasteiger partial charge in [0.15, 0.2) is 0 Å². The largest absolute Gasteiger partial charge is 1.00 e. The van der Waals surface area contributed by atoms with Gasteiger partial charge in [0.1, 0.15) is 0 Å². The van der Waals surface area contributed by atoms with E-state index in [9.17, 15) is 0 Å². The number of fused-ring (bicyclic) bond motifs is 4. The molecule has 0 spiro atoms. The summed E-state index contributed by atoms with van der Waals surface area (Å²) in [7, 11) is -2.98. The summed E-state index contributed by atoms with van der Waals surface area (Å²) < 4.78 is 28.1. The van der Waals surface area contributed by atoms with E-state index in [-0.39, 0.29) is 43.9 Å². The Labute approximate surface area is 585 Å². The first-order chi connectivity index (χ1) is 45.3. The van der Waals surface area contributed by atoms with Crippen LogP contribution in [0.25, 0.3) is 90.1 Å². The Morgan fingerprint density at radius 1 is 0.337 bits per heavy atom. The van der Waals surface area contributed by atoms with Gasteiger partial charge in [-0.3, -0.25) is 0 Å². The van der Waals surface area contributed by atoms with E-state index in [1.54, 1.807) is 0 Å². The molecule has 0 N–H and O–H groups in total. The van der Waals surface area contributed by atoms with Crippen molar-refractivity contribution in [3.63, 3.8) is 0 Å². The molecule has 468 valence electrons. The number of halogens is 2. The average Bonchev–Trinajstić information content (AvgIpc) is 1.55. The maximum Gasteiger partial charge on any atom is -1.00 e. The third-order valence-corrected chi connectivity index (χ3v) is 28.8. The molecule has 16 rings (SSSR count). The fourth-order valence-electron chi connectivity index (χ4n) is 16.6. The van der Waals surface area contributed by atoms with Gasteiger partial charge in [0, 0.05) is 0 Å². The van der Waals surface area contributed by atoms with Crippen LogP contribution in [-0.2, 0) is 23.2 Å². The number of furan rings is 4. The molecule has 0 saturated carbocycles. The van der Waals surface area contributed by atoms with Crippen LogP contribution in [0.5, 0.6) is 0 Å². The summed E-state index contributed by atoms with van der Waals surface area (Å²) in [5, 5.41) is 3.03. The molecule has 0 fully saturated rings. The quantitative estimate of drug-likeness (QED) is 0.102. The van der Waals surface area contributed by atoms with Crippen molar-refractivity contribution < 1.29 is 65.7 Å². The van der Waals surface area contributed by atoms with Gasteiger partial charge >= 0.3 is 566 Å². The molecule has 0 radical (unpaired) electrons. The Morgan fingerprint density at radius 3 is 1.01 bits per heavy atom. The first-order valence-electron chi connectivity index (χ1n) is 33.1. The molecule has 4 aromatic heterocycles. The molecule has 4 nitrogen and oxygen atoms in total. The standard InChI is InChI=1S/2C43H37O2Si.2ClH.Zr/c2*1-26-18-20-32-33(39(26)29-13-8-6-9-14-29)25-35(37-21-19-27(2)45-37)42(32)43-34(36-17-12-22-44-36)23-31-24-38(46(4)5)28(3)40(41(31)43)30-15-10-7-11-16-30;;;/h2*6-25,42,46H,1-5H3;2*1H;/q;;;;+2/p-2. The third-order valence-electron chi connectivity index (χ3n) is 20.5. The van der Waals surface area contributed by atoms with E-state index in [0.717, 1.165) is 34.6 Å². The average molecular weight is 1390 g/mol. The summed E-state index contributed by atoms with van der Waals surface area (Å²) in [6.07, 6.45) is 8.78. The van der Waals surface area contributed by atoms with E-state index in [4.69, 9.17) is 17.7 Å². The van der Waals surface area contributed by atoms with Crippen LogP contribution in [-0.4, -0.2) is 17.6 Å². The van der Waals surface area contributed by atoms with E-state index in [1.165, 1.54) is 155 Å². The second kappa shape index (κ2) is 25.7. The third kappa shape index (κ3) is 10.6. The molecule has 95 heavy (non-hydrogen) atoms. The fourth-order valence-corrected chi connectivity index (χ4v) is 24.7. The van der Waals surface area contributed by atoms with Crippen molar-refractivity contribution >= 4 is 73.6 Å². The van der Waals surface area contributed by atoms with Crippen molar-refractivity contribution in [2.75, 3.05) is 0 Å². The van der Waals surface area contributed by atoms with Gasteiger partial charge in [0.05, 0.1) is 0 Å². The molecular formula is C86H74Cl2O4Si2Zr. The number of allylic oxidation sites excluding steroid dienone is 6. The number of aryl methyl sites for hydroxylation is 4. The molecular weight excluding hydrogens is 1320 g/mol. The van der Waals surface area contributed by atoms with Gasteiger partial charge in [-0.1, -0.05) is 0 Å². The summed E-state index contributed by atoms with van der Waals surface area (Å²) >= 11 is -2.01. The Morgan fingerprint density at radius 2 is 0.695 bits per heavy atom. The summed E-state index contributed by atoms with van der Waals surface area (Å²) in [6, 6.07) is 77.2. The Balaban J connectivity index is 0.00000389. The topological polar surface area (TPSA) is 52.6 Å². The number of hydrogen-bond donors (Lipinski definition) is 0. The maximum absolute atomic E-state index is 7.10. The van der Waals surface area contributed by atoms with Gasteiger partial charge in [-0.2, -0.15) is 0 Å². The molecule has 0 saturated heterocycles. The molecule has 4 heterocycles. The first-order valence-corrected chi connectivity index (χ1v) is 41.7. The smallest absolute Gasteiger partial charge is 1.00 e. The summed E-state index contributed by atoms with van der Waals surface area (Å²) in [5.41, 5.74) is 33.6. The van der Waals surface area contributed by atoms with E-state index >= 15 is 0 Å². The second-order valence-electron chi connectivity index (χ2n) is 26.7. The van der Waals surface area contributed by atoms with Crippen molar-refractivity contribution in [2.24, 2.45) is 0 Å². The van der Waals surface area contributed by atoms with Crippen molar-refractivity contribution in [3.8, 4) is 44.5 Å². The van der Waals surface area contributed by atoms with Gasteiger partial charge in [-0.25, -0.2) is 0 Å². The monoisotopic (exact) mass is 1390 g/mol. The van der Waals surface area contributed by atoms with Crippen LogP contribution in [0.1, 0.15) is 120 Å². The minimum Gasteiger partial charge on any atom is -1.00 e. The minimum atomic E-state index is -2.01. The minimum absolute atomic E-state index is 0. The predicted octanol–water partition coefficient (Wildman–Crippen LogP) is 15.4. The molecule has 0 bridgehead atoms. The van der Waals surface area contributed by atoms with Gasteiger partial charge in [-0.15, -0.1) is 0 Å². The molecule has 0 amide bonds. The van der Waals surface area contributed by atoms with Crippen LogP contribution in [0.3, 0.4) is 0 Å². The van der Waals surface area contributed by atoms with Crippen molar-refractivity contribution in [1.82, 2.24) is 0 Å². The Hall–Kier alpha value is -8.26. The normalized spacial score (nSPS) is 16.8. The Bertz CT molecular complexity index is 4750. The first kappa shape index (κ1) is 64.1. The molecule has 0 aliphatic heterocycles. The molecule has 8 aromatic carbocycles. The van der Waals surface area contributed by atoms with Gasteiger partial charge in [0.2, 0.25) is 0 Å². The zero-order chi connectivity index (χ0) is 63.5. The molecule has 4 aliphatic rings. The van der Waals surface area contributed by atoms with Crippen LogP contribution >= 0.6 is 0 Å². The summed E-state index contributed by atoms with van der Waals surface area (Å²) in [5.74, 6) is 5.04. The predicted molar refractivity (Wildman–Crippen MR) is 388 cm³/mol. The number of rotatable bonds is 14. The zero-order valence-electron chi connectivity index (χ0n) is 55.3. The van der Waals surface area contributed by atoms with Gasteiger partial charge in [-0.05, 0) is 0 Å².